The van der Waals surface area contributed by atoms with Crippen LogP contribution in [0.2, 0.25) is 0 Å². The third kappa shape index (κ3) is 5.35. The largest absolute Gasteiger partial charge is 0.363 e. The summed E-state index contributed by atoms with van der Waals surface area (Å²) in [5.74, 6) is 0. The van der Waals surface area contributed by atoms with Gasteiger partial charge in [-0.3, -0.25) is 0 Å². The molecule has 0 aliphatic carbocycles. The van der Waals surface area contributed by atoms with Crippen LogP contribution >= 0.6 is 12.2 Å². The second-order valence-corrected chi connectivity index (χ2v) is 4.14. The monoisotopic (exact) mass is 188 g/mol. The maximum atomic E-state index is 5.05. The van der Waals surface area contributed by atoms with Crippen LogP contribution in [-0.2, 0) is 0 Å². The van der Waals surface area contributed by atoms with Gasteiger partial charge in [-0.15, -0.1) is 0 Å². The molecule has 0 aromatic heterocycles. The van der Waals surface area contributed by atoms with E-state index >= 15 is 0 Å². The lowest BCUT2D eigenvalue weighted by atomic mass is 9.90. The van der Waals surface area contributed by atoms with Crippen molar-refractivity contribution in [2.45, 2.75) is 34.1 Å². The zero-order valence-corrected chi connectivity index (χ0v) is 9.35. The fourth-order valence-electron chi connectivity index (χ4n) is 0.668. The maximum Gasteiger partial charge on any atom is 0.166 e. The van der Waals surface area contributed by atoms with Gasteiger partial charge in [-0.1, -0.05) is 20.8 Å². The molecule has 2 nitrogen and oxygen atoms in total. The fourth-order valence-corrected chi connectivity index (χ4v) is 0.884. The molecular weight excluding hydrogens is 168 g/mol. The lowest BCUT2D eigenvalue weighted by Gasteiger charge is -2.23. The molecule has 12 heavy (non-hydrogen) atoms. The van der Waals surface area contributed by atoms with Gasteiger partial charge in [-0.25, -0.2) is 0 Å². The molecule has 0 aromatic rings. The van der Waals surface area contributed by atoms with E-state index in [4.69, 9.17) is 12.2 Å². The van der Waals surface area contributed by atoms with Crippen molar-refractivity contribution in [1.29, 1.82) is 0 Å². The molecule has 0 fully saturated rings. The second-order valence-electron chi connectivity index (χ2n) is 3.73. The maximum absolute atomic E-state index is 5.05. The van der Waals surface area contributed by atoms with Gasteiger partial charge in [-0.05, 0) is 31.0 Å². The van der Waals surface area contributed by atoms with Crippen LogP contribution in [0.1, 0.15) is 34.1 Å². The zero-order valence-electron chi connectivity index (χ0n) is 8.53. The van der Waals surface area contributed by atoms with E-state index in [1.807, 2.05) is 6.92 Å². The zero-order chi connectivity index (χ0) is 9.61. The molecule has 0 heterocycles. The highest BCUT2D eigenvalue weighted by atomic mass is 32.1. The first-order valence-electron chi connectivity index (χ1n) is 4.53. The molecule has 0 amide bonds. The van der Waals surface area contributed by atoms with Crippen LogP contribution in [0, 0.1) is 5.41 Å². The van der Waals surface area contributed by atoms with Gasteiger partial charge in [0.2, 0.25) is 0 Å². The van der Waals surface area contributed by atoms with E-state index in [1.54, 1.807) is 0 Å². The first kappa shape index (κ1) is 11.7. The molecule has 0 unspecified atom stereocenters. The van der Waals surface area contributed by atoms with Gasteiger partial charge in [0.25, 0.3) is 0 Å². The smallest absolute Gasteiger partial charge is 0.166 e. The fraction of sp³-hybridized carbons (Fsp3) is 0.889. The summed E-state index contributed by atoms with van der Waals surface area (Å²) < 4.78 is 0. The number of hydrogen-bond acceptors (Lipinski definition) is 1. The second kappa shape index (κ2) is 5.36. The van der Waals surface area contributed by atoms with E-state index in [-0.39, 0.29) is 0 Å². The van der Waals surface area contributed by atoms with Crippen molar-refractivity contribution >= 4 is 17.3 Å². The van der Waals surface area contributed by atoms with E-state index in [0.717, 1.165) is 24.6 Å². The Bertz CT molecular complexity index is 143. The molecule has 0 saturated heterocycles. The van der Waals surface area contributed by atoms with Crippen LogP contribution in [0.25, 0.3) is 0 Å². The van der Waals surface area contributed by atoms with Crippen LogP contribution in [0.3, 0.4) is 0 Å². The summed E-state index contributed by atoms with van der Waals surface area (Å²) in [5.41, 5.74) is 0.333. The van der Waals surface area contributed by atoms with Gasteiger partial charge in [0.1, 0.15) is 0 Å². The summed E-state index contributed by atoms with van der Waals surface area (Å²) in [5, 5.41) is 7.02. The minimum absolute atomic E-state index is 0.333. The van der Waals surface area contributed by atoms with Gasteiger partial charge < -0.3 is 10.6 Å². The molecule has 0 aromatic carbocycles. The Balaban J connectivity index is 3.60. The highest BCUT2D eigenvalue weighted by molar-refractivity contribution is 7.80. The van der Waals surface area contributed by atoms with Gasteiger partial charge >= 0.3 is 0 Å². The summed E-state index contributed by atoms with van der Waals surface area (Å²) in [4.78, 5) is 0. The molecule has 3 heteroatoms. The van der Waals surface area contributed by atoms with Gasteiger partial charge in [-0.2, -0.15) is 0 Å². The molecule has 0 aliphatic rings. The number of thiocarbonyl (C=S) groups is 1. The van der Waals surface area contributed by atoms with Crippen LogP contribution < -0.4 is 10.6 Å². The Morgan fingerprint density at radius 3 is 2.25 bits per heavy atom. The predicted octanol–water partition coefficient (Wildman–Crippen LogP) is 1.91. The predicted molar refractivity (Wildman–Crippen MR) is 58.3 cm³/mol. The molecule has 0 radical (unpaired) electrons. The van der Waals surface area contributed by atoms with E-state index in [1.165, 1.54) is 0 Å². The molecule has 0 saturated carbocycles. The molecule has 2 N–H and O–H groups in total. The van der Waals surface area contributed by atoms with Crippen molar-refractivity contribution in [1.82, 2.24) is 10.6 Å². The van der Waals surface area contributed by atoms with Crippen molar-refractivity contribution in [2.24, 2.45) is 5.41 Å². The molecule has 0 spiro atoms. The SMILES string of the molecule is CCNC(=S)NCC(C)(C)CC. The third-order valence-corrected chi connectivity index (χ3v) is 2.31. The molecule has 0 aliphatic heterocycles. The van der Waals surface area contributed by atoms with E-state index < -0.39 is 0 Å². The number of rotatable bonds is 4. The van der Waals surface area contributed by atoms with Crippen LogP contribution in [0.4, 0.5) is 0 Å². The Morgan fingerprint density at radius 2 is 1.83 bits per heavy atom. The van der Waals surface area contributed by atoms with Gasteiger partial charge in [0.05, 0.1) is 0 Å². The molecule has 0 bridgehead atoms. The standard InChI is InChI=1S/C9H20N2S/c1-5-9(3,4)7-11-8(12)10-6-2/h5-7H2,1-4H3,(H2,10,11,12). The van der Waals surface area contributed by atoms with E-state index in [0.29, 0.717) is 5.41 Å². The highest BCUT2D eigenvalue weighted by Gasteiger charge is 2.14. The highest BCUT2D eigenvalue weighted by Crippen LogP contribution is 2.17. The Hall–Kier alpha value is -0.310. The quantitative estimate of drug-likeness (QED) is 0.659. The first-order valence-corrected chi connectivity index (χ1v) is 4.94. The summed E-state index contributed by atoms with van der Waals surface area (Å²) in [6.07, 6.45) is 1.16. The Labute approximate surface area is 81.1 Å². The van der Waals surface area contributed by atoms with Crippen LogP contribution in [-0.4, -0.2) is 18.2 Å². The summed E-state index contributed by atoms with van der Waals surface area (Å²) in [7, 11) is 0. The van der Waals surface area contributed by atoms with Crippen molar-refractivity contribution in [3.05, 3.63) is 0 Å². The van der Waals surface area contributed by atoms with Gasteiger partial charge in [0.15, 0.2) is 5.11 Å². The third-order valence-electron chi connectivity index (χ3n) is 2.02. The normalized spacial score (nSPS) is 11.0. The van der Waals surface area contributed by atoms with E-state index in [9.17, 15) is 0 Å². The minimum Gasteiger partial charge on any atom is -0.363 e. The topological polar surface area (TPSA) is 24.1 Å². The molecular formula is C9H20N2S. The number of hydrogen-bond donors (Lipinski definition) is 2. The summed E-state index contributed by atoms with van der Waals surface area (Å²) in [6, 6.07) is 0. The average Bonchev–Trinajstić information content (AvgIpc) is 2.02. The average molecular weight is 188 g/mol. The first-order chi connectivity index (χ1) is 5.52. The molecule has 0 atom stereocenters. The van der Waals surface area contributed by atoms with Crippen LogP contribution in [0.15, 0.2) is 0 Å². The minimum atomic E-state index is 0.333. The van der Waals surface area contributed by atoms with Crippen molar-refractivity contribution < 1.29 is 0 Å². The van der Waals surface area contributed by atoms with E-state index in [2.05, 4.69) is 31.4 Å². The van der Waals surface area contributed by atoms with Gasteiger partial charge in [0, 0.05) is 13.1 Å². The molecule has 72 valence electrons. The Morgan fingerprint density at radius 1 is 1.25 bits per heavy atom. The van der Waals surface area contributed by atoms with Crippen molar-refractivity contribution in [3.8, 4) is 0 Å². The Kier molecular flexibility index (Phi) is 5.22. The number of nitrogens with one attached hydrogen (secondary N) is 2. The van der Waals surface area contributed by atoms with Crippen molar-refractivity contribution in [2.75, 3.05) is 13.1 Å². The molecule has 0 rings (SSSR count). The summed E-state index contributed by atoms with van der Waals surface area (Å²) in [6.45, 7) is 10.5. The summed E-state index contributed by atoms with van der Waals surface area (Å²) >= 11 is 5.05. The van der Waals surface area contributed by atoms with Crippen LogP contribution in [0.5, 0.6) is 0 Å². The lowest BCUT2D eigenvalue weighted by Crippen LogP contribution is -2.40. The lowest BCUT2D eigenvalue weighted by molar-refractivity contribution is 0.349. The van der Waals surface area contributed by atoms with Crippen molar-refractivity contribution in [3.63, 3.8) is 0 Å².